The predicted molar refractivity (Wildman–Crippen MR) is 74.7 cm³/mol. The van der Waals surface area contributed by atoms with Crippen LogP contribution in [0.3, 0.4) is 0 Å². The molecule has 0 unspecified atom stereocenters. The minimum Gasteiger partial charge on any atom is -0.325 e. The van der Waals surface area contributed by atoms with Gasteiger partial charge in [-0.2, -0.15) is 0 Å². The standard InChI is InChI=1S/C15H22N2O/c1-2-13-6-8-14(9-7-13)16-15(18)12-17-10-4-3-5-11-17/h6-9H,2-5,10-12H2,1H3,(H,16,18). The Bertz CT molecular complexity index is 380. The second-order valence-corrected chi connectivity index (χ2v) is 4.94. The number of likely N-dealkylation sites (tertiary alicyclic amines) is 1. The van der Waals surface area contributed by atoms with Gasteiger partial charge in [0.05, 0.1) is 6.54 Å². The summed E-state index contributed by atoms with van der Waals surface area (Å²) in [5.41, 5.74) is 2.19. The predicted octanol–water partition coefficient (Wildman–Crippen LogP) is 2.67. The normalized spacial score (nSPS) is 16.5. The molecule has 0 spiro atoms. The molecule has 1 N–H and O–H groups in total. The van der Waals surface area contributed by atoms with Gasteiger partial charge in [0, 0.05) is 5.69 Å². The summed E-state index contributed by atoms with van der Waals surface area (Å²) in [6, 6.07) is 8.09. The van der Waals surface area contributed by atoms with Gasteiger partial charge in [-0.3, -0.25) is 9.69 Å². The molecule has 0 aromatic heterocycles. The van der Waals surface area contributed by atoms with E-state index in [-0.39, 0.29) is 5.91 Å². The minimum atomic E-state index is 0.0983. The first-order valence-electron chi connectivity index (χ1n) is 6.89. The monoisotopic (exact) mass is 246 g/mol. The lowest BCUT2D eigenvalue weighted by molar-refractivity contribution is -0.117. The van der Waals surface area contributed by atoms with Crippen molar-refractivity contribution in [2.24, 2.45) is 0 Å². The van der Waals surface area contributed by atoms with Crippen molar-refractivity contribution in [2.75, 3.05) is 25.0 Å². The van der Waals surface area contributed by atoms with Gasteiger partial charge in [-0.05, 0) is 50.0 Å². The van der Waals surface area contributed by atoms with Crippen LogP contribution in [0.1, 0.15) is 31.7 Å². The van der Waals surface area contributed by atoms with E-state index in [1.165, 1.54) is 24.8 Å². The molecule has 0 atom stereocenters. The maximum absolute atomic E-state index is 11.9. The number of hydrogen-bond donors (Lipinski definition) is 1. The first-order chi connectivity index (χ1) is 8.78. The number of rotatable bonds is 4. The third-order valence-corrected chi connectivity index (χ3v) is 3.46. The van der Waals surface area contributed by atoms with Crippen LogP contribution in [0.25, 0.3) is 0 Å². The van der Waals surface area contributed by atoms with Gasteiger partial charge in [-0.1, -0.05) is 25.5 Å². The zero-order valence-corrected chi connectivity index (χ0v) is 11.1. The molecule has 1 saturated heterocycles. The number of aryl methyl sites for hydroxylation is 1. The minimum absolute atomic E-state index is 0.0983. The molecule has 3 nitrogen and oxygen atoms in total. The van der Waals surface area contributed by atoms with Crippen molar-refractivity contribution >= 4 is 11.6 Å². The first kappa shape index (κ1) is 13.1. The summed E-state index contributed by atoms with van der Waals surface area (Å²) in [5.74, 6) is 0.0983. The molecule has 1 heterocycles. The van der Waals surface area contributed by atoms with Gasteiger partial charge in [0.1, 0.15) is 0 Å². The number of hydrogen-bond acceptors (Lipinski definition) is 2. The van der Waals surface area contributed by atoms with E-state index in [9.17, 15) is 4.79 Å². The second kappa shape index (κ2) is 6.55. The second-order valence-electron chi connectivity index (χ2n) is 4.94. The summed E-state index contributed by atoms with van der Waals surface area (Å²) in [5, 5.41) is 2.96. The van der Waals surface area contributed by atoms with Crippen LogP contribution in [0.5, 0.6) is 0 Å². The Morgan fingerprint density at radius 3 is 2.44 bits per heavy atom. The van der Waals surface area contributed by atoms with Crippen LogP contribution in [0.4, 0.5) is 5.69 Å². The molecular weight excluding hydrogens is 224 g/mol. The number of anilines is 1. The average molecular weight is 246 g/mol. The summed E-state index contributed by atoms with van der Waals surface area (Å²) in [6.45, 7) is 4.77. The SMILES string of the molecule is CCc1ccc(NC(=O)CN2CCCCC2)cc1. The topological polar surface area (TPSA) is 32.3 Å². The van der Waals surface area contributed by atoms with Crippen molar-refractivity contribution in [1.82, 2.24) is 4.90 Å². The number of carbonyl (C=O) groups excluding carboxylic acids is 1. The average Bonchev–Trinajstić information content (AvgIpc) is 2.40. The smallest absolute Gasteiger partial charge is 0.238 e. The van der Waals surface area contributed by atoms with E-state index in [1.54, 1.807) is 0 Å². The Balaban J connectivity index is 1.82. The molecule has 1 aromatic rings. The summed E-state index contributed by atoms with van der Waals surface area (Å²) in [4.78, 5) is 14.1. The van der Waals surface area contributed by atoms with E-state index in [4.69, 9.17) is 0 Å². The molecule has 3 heteroatoms. The van der Waals surface area contributed by atoms with E-state index >= 15 is 0 Å². The van der Waals surface area contributed by atoms with E-state index in [2.05, 4.69) is 29.3 Å². The van der Waals surface area contributed by atoms with Crippen molar-refractivity contribution in [2.45, 2.75) is 32.6 Å². The number of nitrogens with one attached hydrogen (secondary N) is 1. The molecule has 1 amide bonds. The van der Waals surface area contributed by atoms with Crippen LogP contribution >= 0.6 is 0 Å². The third-order valence-electron chi connectivity index (χ3n) is 3.46. The fourth-order valence-electron chi connectivity index (χ4n) is 2.34. The maximum atomic E-state index is 11.9. The molecular formula is C15H22N2O. The molecule has 0 radical (unpaired) electrons. The lowest BCUT2D eigenvalue weighted by Crippen LogP contribution is -2.36. The van der Waals surface area contributed by atoms with Gasteiger partial charge < -0.3 is 5.32 Å². The van der Waals surface area contributed by atoms with Crippen LogP contribution in [0.15, 0.2) is 24.3 Å². The van der Waals surface area contributed by atoms with Crippen LogP contribution in [0, 0.1) is 0 Å². The van der Waals surface area contributed by atoms with Gasteiger partial charge >= 0.3 is 0 Å². The fraction of sp³-hybridized carbons (Fsp3) is 0.533. The van der Waals surface area contributed by atoms with Crippen molar-refractivity contribution in [3.8, 4) is 0 Å². The van der Waals surface area contributed by atoms with Crippen molar-refractivity contribution in [1.29, 1.82) is 0 Å². The largest absolute Gasteiger partial charge is 0.325 e. The number of benzene rings is 1. The molecule has 0 bridgehead atoms. The summed E-state index contributed by atoms with van der Waals surface area (Å²) >= 11 is 0. The molecule has 1 aliphatic heterocycles. The molecule has 0 aliphatic carbocycles. The van der Waals surface area contributed by atoms with E-state index < -0.39 is 0 Å². The molecule has 1 fully saturated rings. The van der Waals surface area contributed by atoms with Gasteiger partial charge in [0.15, 0.2) is 0 Å². The van der Waals surface area contributed by atoms with Crippen molar-refractivity contribution in [3.05, 3.63) is 29.8 Å². The lowest BCUT2D eigenvalue weighted by Gasteiger charge is -2.25. The highest BCUT2D eigenvalue weighted by Gasteiger charge is 2.13. The van der Waals surface area contributed by atoms with Gasteiger partial charge in [-0.25, -0.2) is 0 Å². The molecule has 1 aliphatic rings. The van der Waals surface area contributed by atoms with Gasteiger partial charge in [0.2, 0.25) is 5.91 Å². The Hall–Kier alpha value is -1.35. The Labute approximate surface area is 109 Å². The van der Waals surface area contributed by atoms with Crippen LogP contribution in [-0.2, 0) is 11.2 Å². The van der Waals surface area contributed by atoms with Gasteiger partial charge in [0.25, 0.3) is 0 Å². The summed E-state index contributed by atoms with van der Waals surface area (Å²) in [7, 11) is 0. The molecule has 1 aromatic carbocycles. The summed E-state index contributed by atoms with van der Waals surface area (Å²) in [6.07, 6.45) is 4.77. The fourth-order valence-corrected chi connectivity index (χ4v) is 2.34. The number of piperidine rings is 1. The molecule has 0 saturated carbocycles. The summed E-state index contributed by atoms with van der Waals surface area (Å²) < 4.78 is 0. The highest BCUT2D eigenvalue weighted by Crippen LogP contribution is 2.11. The van der Waals surface area contributed by atoms with Crippen LogP contribution in [-0.4, -0.2) is 30.4 Å². The number of nitrogens with zero attached hydrogens (tertiary/aromatic N) is 1. The molecule has 98 valence electrons. The van der Waals surface area contributed by atoms with Crippen LogP contribution in [0.2, 0.25) is 0 Å². The Morgan fingerprint density at radius 1 is 1.17 bits per heavy atom. The Kier molecular flexibility index (Phi) is 4.76. The number of amides is 1. The zero-order chi connectivity index (χ0) is 12.8. The molecule has 2 rings (SSSR count). The van der Waals surface area contributed by atoms with E-state index in [0.717, 1.165) is 25.2 Å². The van der Waals surface area contributed by atoms with Gasteiger partial charge in [-0.15, -0.1) is 0 Å². The zero-order valence-electron chi connectivity index (χ0n) is 11.1. The van der Waals surface area contributed by atoms with E-state index in [0.29, 0.717) is 6.54 Å². The highest BCUT2D eigenvalue weighted by molar-refractivity contribution is 5.92. The van der Waals surface area contributed by atoms with Crippen molar-refractivity contribution < 1.29 is 4.79 Å². The van der Waals surface area contributed by atoms with Crippen LogP contribution < -0.4 is 5.32 Å². The Morgan fingerprint density at radius 2 is 1.83 bits per heavy atom. The highest BCUT2D eigenvalue weighted by atomic mass is 16.2. The maximum Gasteiger partial charge on any atom is 0.238 e. The molecule has 18 heavy (non-hydrogen) atoms. The first-order valence-corrected chi connectivity index (χ1v) is 6.89. The lowest BCUT2D eigenvalue weighted by atomic mass is 10.1. The van der Waals surface area contributed by atoms with E-state index in [1.807, 2.05) is 12.1 Å². The van der Waals surface area contributed by atoms with Crippen molar-refractivity contribution in [3.63, 3.8) is 0 Å². The third kappa shape index (κ3) is 3.84. The number of carbonyl (C=O) groups is 1. The quantitative estimate of drug-likeness (QED) is 0.886.